The third kappa shape index (κ3) is 1.55. The molecule has 3 heteroatoms. The van der Waals surface area contributed by atoms with Crippen molar-refractivity contribution in [3.63, 3.8) is 0 Å². The number of benzene rings is 1. The molecule has 1 aliphatic carbocycles. The van der Waals surface area contributed by atoms with Crippen LogP contribution in [-0.4, -0.2) is 7.11 Å². The molecule has 1 aromatic carbocycles. The van der Waals surface area contributed by atoms with Gasteiger partial charge >= 0.3 is 0 Å². The second-order valence-corrected chi connectivity index (χ2v) is 4.44. The molecule has 0 heterocycles. The highest BCUT2D eigenvalue weighted by Gasteiger charge is 2.20. The van der Waals surface area contributed by atoms with Gasteiger partial charge in [-0.2, -0.15) is 0 Å². The van der Waals surface area contributed by atoms with Gasteiger partial charge in [-0.25, -0.2) is 0 Å². The largest absolute Gasteiger partial charge is 0.496 e. The van der Waals surface area contributed by atoms with Crippen LogP contribution < -0.4 is 10.5 Å². The first kappa shape index (κ1) is 9.99. The van der Waals surface area contributed by atoms with E-state index in [1.165, 1.54) is 17.5 Å². The molecule has 0 amide bonds. The lowest BCUT2D eigenvalue weighted by molar-refractivity contribution is 0.410. The highest BCUT2D eigenvalue weighted by atomic mass is 79.9. The average molecular weight is 256 g/mol. The minimum atomic E-state index is 0.195. The van der Waals surface area contributed by atoms with Crippen LogP contribution in [0, 0.1) is 0 Å². The van der Waals surface area contributed by atoms with Crippen LogP contribution in [0.2, 0.25) is 0 Å². The van der Waals surface area contributed by atoms with Gasteiger partial charge in [0.1, 0.15) is 5.75 Å². The first-order valence-electron chi connectivity index (χ1n) is 4.85. The Hall–Kier alpha value is -0.540. The number of methoxy groups -OCH3 is 1. The number of halogens is 1. The molecule has 1 aromatic rings. The van der Waals surface area contributed by atoms with Crippen LogP contribution in [0.1, 0.15) is 30.0 Å². The van der Waals surface area contributed by atoms with Crippen molar-refractivity contribution < 1.29 is 4.74 Å². The summed E-state index contributed by atoms with van der Waals surface area (Å²) in [7, 11) is 1.69. The molecule has 14 heavy (non-hydrogen) atoms. The zero-order valence-corrected chi connectivity index (χ0v) is 9.80. The Labute approximate surface area is 92.6 Å². The molecule has 1 atom stereocenters. The fraction of sp³-hybridized carbons (Fsp3) is 0.455. The zero-order valence-electron chi connectivity index (χ0n) is 8.22. The van der Waals surface area contributed by atoms with Gasteiger partial charge in [0.05, 0.1) is 11.6 Å². The van der Waals surface area contributed by atoms with E-state index in [-0.39, 0.29) is 6.04 Å². The van der Waals surface area contributed by atoms with E-state index >= 15 is 0 Å². The maximum atomic E-state index is 6.05. The molecule has 2 N–H and O–H groups in total. The van der Waals surface area contributed by atoms with E-state index in [0.717, 1.165) is 23.1 Å². The van der Waals surface area contributed by atoms with Crippen molar-refractivity contribution in [2.45, 2.75) is 25.3 Å². The van der Waals surface area contributed by atoms with Crippen LogP contribution in [0.4, 0.5) is 0 Å². The minimum absolute atomic E-state index is 0.195. The van der Waals surface area contributed by atoms with Crippen LogP contribution in [0.25, 0.3) is 0 Å². The number of fused-ring (bicyclic) bond motifs is 1. The third-order valence-corrected chi connectivity index (χ3v) is 3.67. The third-order valence-electron chi connectivity index (χ3n) is 2.81. The Kier molecular flexibility index (Phi) is 2.79. The fourth-order valence-corrected chi connectivity index (χ4v) is 2.75. The Balaban J connectivity index is 2.52. The van der Waals surface area contributed by atoms with Gasteiger partial charge in [0.15, 0.2) is 0 Å². The van der Waals surface area contributed by atoms with Crippen LogP contribution in [-0.2, 0) is 6.42 Å². The summed E-state index contributed by atoms with van der Waals surface area (Å²) in [6.07, 6.45) is 3.35. The number of hydrogen-bond acceptors (Lipinski definition) is 2. The van der Waals surface area contributed by atoms with Gasteiger partial charge in [-0.3, -0.25) is 0 Å². The Morgan fingerprint density at radius 1 is 1.50 bits per heavy atom. The molecular weight excluding hydrogens is 242 g/mol. The van der Waals surface area contributed by atoms with Gasteiger partial charge in [-0.05, 0) is 52.4 Å². The Bertz CT molecular complexity index is 351. The molecule has 0 unspecified atom stereocenters. The smallest absolute Gasteiger partial charge is 0.133 e. The van der Waals surface area contributed by atoms with Crippen molar-refractivity contribution in [1.82, 2.24) is 0 Å². The first-order valence-corrected chi connectivity index (χ1v) is 5.64. The van der Waals surface area contributed by atoms with E-state index in [9.17, 15) is 0 Å². The molecular formula is C11H14BrNO. The summed E-state index contributed by atoms with van der Waals surface area (Å²) >= 11 is 3.57. The molecule has 76 valence electrons. The summed E-state index contributed by atoms with van der Waals surface area (Å²) in [6, 6.07) is 4.26. The number of ether oxygens (including phenoxy) is 1. The minimum Gasteiger partial charge on any atom is -0.496 e. The molecule has 0 bridgehead atoms. The summed E-state index contributed by atoms with van der Waals surface area (Å²) in [4.78, 5) is 0. The summed E-state index contributed by atoms with van der Waals surface area (Å²) < 4.78 is 6.34. The van der Waals surface area contributed by atoms with E-state index in [0.29, 0.717) is 0 Å². The van der Waals surface area contributed by atoms with Gasteiger partial charge in [-0.15, -0.1) is 0 Å². The van der Waals surface area contributed by atoms with E-state index in [1.807, 2.05) is 6.07 Å². The van der Waals surface area contributed by atoms with E-state index in [4.69, 9.17) is 10.5 Å². The first-order chi connectivity index (χ1) is 6.74. The molecule has 2 rings (SSSR count). The Morgan fingerprint density at radius 3 is 3.00 bits per heavy atom. The molecule has 0 radical (unpaired) electrons. The number of rotatable bonds is 1. The summed E-state index contributed by atoms with van der Waals surface area (Å²) in [6.45, 7) is 0. The quantitative estimate of drug-likeness (QED) is 0.838. The lowest BCUT2D eigenvalue weighted by atomic mass is 9.88. The molecule has 0 spiro atoms. The molecule has 2 nitrogen and oxygen atoms in total. The monoisotopic (exact) mass is 255 g/mol. The van der Waals surface area contributed by atoms with Crippen molar-refractivity contribution in [3.05, 3.63) is 27.7 Å². The van der Waals surface area contributed by atoms with Crippen LogP contribution in [0.5, 0.6) is 5.75 Å². The predicted octanol–water partition coefficient (Wildman–Crippen LogP) is 2.79. The molecule has 0 aromatic heterocycles. The standard InChI is InChI=1S/C11H14BrNO/c1-14-10-6-5-7-8(11(10)12)3-2-4-9(7)13/h5-6,9H,2-4,13H2,1H3/t9-/m0/s1. The van der Waals surface area contributed by atoms with Gasteiger partial charge in [0, 0.05) is 6.04 Å². The maximum absolute atomic E-state index is 6.05. The van der Waals surface area contributed by atoms with E-state index in [1.54, 1.807) is 7.11 Å². The van der Waals surface area contributed by atoms with E-state index in [2.05, 4.69) is 22.0 Å². The molecule has 1 aliphatic rings. The molecule has 0 aliphatic heterocycles. The van der Waals surface area contributed by atoms with Gasteiger partial charge < -0.3 is 10.5 Å². The molecule has 0 saturated heterocycles. The number of nitrogens with two attached hydrogens (primary N) is 1. The van der Waals surface area contributed by atoms with Crippen molar-refractivity contribution in [2.75, 3.05) is 7.11 Å². The molecule has 0 fully saturated rings. The number of hydrogen-bond donors (Lipinski definition) is 1. The lowest BCUT2D eigenvalue weighted by Gasteiger charge is -2.24. The second kappa shape index (κ2) is 3.91. The average Bonchev–Trinajstić information content (AvgIpc) is 2.20. The summed E-state index contributed by atoms with van der Waals surface area (Å²) in [5.74, 6) is 0.901. The highest BCUT2D eigenvalue weighted by molar-refractivity contribution is 9.10. The normalized spacial score (nSPS) is 20.4. The van der Waals surface area contributed by atoms with Gasteiger partial charge in [0.25, 0.3) is 0 Å². The second-order valence-electron chi connectivity index (χ2n) is 3.65. The van der Waals surface area contributed by atoms with Crippen molar-refractivity contribution in [3.8, 4) is 5.75 Å². The van der Waals surface area contributed by atoms with Crippen molar-refractivity contribution in [2.24, 2.45) is 5.73 Å². The highest BCUT2D eigenvalue weighted by Crippen LogP contribution is 2.37. The van der Waals surface area contributed by atoms with Crippen molar-refractivity contribution >= 4 is 15.9 Å². The SMILES string of the molecule is COc1ccc2c(c1Br)CCC[C@@H]2N. The van der Waals surface area contributed by atoms with Crippen LogP contribution in [0.3, 0.4) is 0 Å². The van der Waals surface area contributed by atoms with Crippen molar-refractivity contribution in [1.29, 1.82) is 0 Å². The van der Waals surface area contributed by atoms with Gasteiger partial charge in [0.2, 0.25) is 0 Å². The predicted molar refractivity (Wildman–Crippen MR) is 60.6 cm³/mol. The zero-order chi connectivity index (χ0) is 10.1. The lowest BCUT2D eigenvalue weighted by Crippen LogP contribution is -2.17. The summed E-state index contributed by atoms with van der Waals surface area (Å²) in [5.41, 5.74) is 8.63. The maximum Gasteiger partial charge on any atom is 0.133 e. The Morgan fingerprint density at radius 2 is 2.29 bits per heavy atom. The van der Waals surface area contributed by atoms with Crippen LogP contribution in [0.15, 0.2) is 16.6 Å². The summed E-state index contributed by atoms with van der Waals surface area (Å²) in [5, 5.41) is 0. The van der Waals surface area contributed by atoms with E-state index < -0.39 is 0 Å². The fourth-order valence-electron chi connectivity index (χ4n) is 2.03. The molecule has 0 saturated carbocycles. The van der Waals surface area contributed by atoms with Gasteiger partial charge in [-0.1, -0.05) is 6.07 Å². The van der Waals surface area contributed by atoms with Crippen LogP contribution >= 0.6 is 15.9 Å². The topological polar surface area (TPSA) is 35.2 Å².